The SMILES string of the molecule is COCCCOc1cc(C2CC(=O)NC3=NCC=C32)ccc1OCc1ccccc1C(F)(F)F. The van der Waals surface area contributed by atoms with Crippen molar-refractivity contribution in [3.8, 4) is 11.5 Å². The lowest BCUT2D eigenvalue weighted by Crippen LogP contribution is -2.38. The van der Waals surface area contributed by atoms with Crippen molar-refractivity contribution in [2.24, 2.45) is 4.99 Å². The first-order valence-corrected chi connectivity index (χ1v) is 10.9. The van der Waals surface area contributed by atoms with Gasteiger partial charge in [0.1, 0.15) is 12.4 Å². The Hall–Kier alpha value is -3.33. The summed E-state index contributed by atoms with van der Waals surface area (Å²) >= 11 is 0. The fraction of sp³-hybridized carbons (Fsp3) is 0.360. The third kappa shape index (κ3) is 5.41. The Morgan fingerprint density at radius 1 is 1.09 bits per heavy atom. The summed E-state index contributed by atoms with van der Waals surface area (Å²) in [6.07, 6.45) is -1.59. The van der Waals surface area contributed by atoms with Crippen LogP contribution in [0.4, 0.5) is 13.2 Å². The van der Waals surface area contributed by atoms with Crippen molar-refractivity contribution in [3.05, 3.63) is 70.8 Å². The number of carbonyl (C=O) groups excluding carboxylic acids is 1. The van der Waals surface area contributed by atoms with Gasteiger partial charge in [-0.3, -0.25) is 9.79 Å². The number of amides is 1. The molecule has 2 aliphatic heterocycles. The molecular formula is C25H25F3N2O4. The highest BCUT2D eigenvalue weighted by molar-refractivity contribution is 6.12. The highest BCUT2D eigenvalue weighted by atomic mass is 19.4. The van der Waals surface area contributed by atoms with E-state index in [0.717, 1.165) is 17.2 Å². The van der Waals surface area contributed by atoms with Gasteiger partial charge in [-0.25, -0.2) is 0 Å². The minimum Gasteiger partial charge on any atom is -0.490 e. The zero-order valence-electron chi connectivity index (χ0n) is 18.7. The van der Waals surface area contributed by atoms with E-state index in [4.69, 9.17) is 14.2 Å². The van der Waals surface area contributed by atoms with E-state index in [1.165, 1.54) is 12.1 Å². The molecule has 0 aliphatic carbocycles. The number of benzene rings is 2. The maximum atomic E-state index is 13.4. The normalized spacial score (nSPS) is 17.5. The third-order valence-corrected chi connectivity index (χ3v) is 5.68. The molecular weight excluding hydrogens is 449 g/mol. The van der Waals surface area contributed by atoms with Crippen LogP contribution in [0.2, 0.25) is 0 Å². The molecule has 0 bridgehead atoms. The molecule has 1 amide bonds. The number of hydrogen-bond acceptors (Lipinski definition) is 5. The Morgan fingerprint density at radius 2 is 1.91 bits per heavy atom. The molecule has 1 unspecified atom stereocenters. The number of piperidine rings is 1. The number of rotatable bonds is 9. The second kappa shape index (κ2) is 10.3. The standard InChI is InChI=1S/C25H25F3N2O4/c1-32-11-4-12-33-22-13-16(19-14-23(31)30-24-18(19)9-10-29-24)7-8-21(22)34-15-17-5-2-3-6-20(17)25(26,27)28/h2-3,5-9,13,19H,4,10-12,14-15H2,1H3,(H,29,30,31). The van der Waals surface area contributed by atoms with Crippen LogP contribution in [-0.2, 0) is 22.3 Å². The highest BCUT2D eigenvalue weighted by Gasteiger charge is 2.34. The molecule has 180 valence electrons. The summed E-state index contributed by atoms with van der Waals surface area (Å²) < 4.78 is 56.8. The average Bonchev–Trinajstić information content (AvgIpc) is 3.28. The first-order chi connectivity index (χ1) is 16.4. The lowest BCUT2D eigenvalue weighted by Gasteiger charge is -2.26. The maximum absolute atomic E-state index is 13.4. The van der Waals surface area contributed by atoms with Crippen molar-refractivity contribution >= 4 is 11.7 Å². The van der Waals surface area contributed by atoms with Crippen LogP contribution in [-0.4, -0.2) is 38.6 Å². The molecule has 0 spiro atoms. The number of alkyl halides is 3. The molecule has 1 atom stereocenters. The number of nitrogens with one attached hydrogen (secondary N) is 1. The van der Waals surface area contributed by atoms with Crippen LogP contribution < -0.4 is 14.8 Å². The zero-order chi connectivity index (χ0) is 24.1. The predicted molar refractivity (Wildman–Crippen MR) is 120 cm³/mol. The van der Waals surface area contributed by atoms with E-state index in [1.54, 1.807) is 25.3 Å². The van der Waals surface area contributed by atoms with Gasteiger partial charge < -0.3 is 19.5 Å². The van der Waals surface area contributed by atoms with Gasteiger partial charge in [0, 0.05) is 43.6 Å². The summed E-state index contributed by atoms with van der Waals surface area (Å²) in [5.41, 5.74) is 1.10. The molecule has 9 heteroatoms. The number of carbonyl (C=O) groups is 1. The van der Waals surface area contributed by atoms with Crippen molar-refractivity contribution in [1.82, 2.24) is 5.32 Å². The largest absolute Gasteiger partial charge is 0.490 e. The Labute approximate surface area is 195 Å². The molecule has 2 aromatic carbocycles. The van der Waals surface area contributed by atoms with Gasteiger partial charge in [-0.05, 0) is 23.8 Å². The number of ether oxygens (including phenoxy) is 3. The molecule has 34 heavy (non-hydrogen) atoms. The summed E-state index contributed by atoms with van der Waals surface area (Å²) in [4.78, 5) is 16.5. The van der Waals surface area contributed by atoms with Crippen LogP contribution >= 0.6 is 0 Å². The van der Waals surface area contributed by atoms with E-state index >= 15 is 0 Å². The molecule has 4 rings (SSSR count). The molecule has 0 radical (unpaired) electrons. The maximum Gasteiger partial charge on any atom is 0.416 e. The summed E-state index contributed by atoms with van der Waals surface area (Å²) in [5, 5.41) is 2.79. The van der Waals surface area contributed by atoms with Crippen LogP contribution in [0, 0.1) is 0 Å². The van der Waals surface area contributed by atoms with E-state index in [0.29, 0.717) is 43.5 Å². The van der Waals surface area contributed by atoms with E-state index < -0.39 is 11.7 Å². The minimum absolute atomic E-state index is 0.0327. The van der Waals surface area contributed by atoms with Gasteiger partial charge >= 0.3 is 6.18 Å². The summed E-state index contributed by atoms with van der Waals surface area (Å²) in [5.74, 6) is 1.02. The average molecular weight is 474 g/mol. The van der Waals surface area contributed by atoms with Crippen molar-refractivity contribution in [2.75, 3.05) is 26.9 Å². The molecule has 0 saturated carbocycles. The Bertz CT molecular complexity index is 1110. The summed E-state index contributed by atoms with van der Waals surface area (Å²) in [6.45, 7) is 1.09. The molecule has 2 heterocycles. The second-order valence-corrected chi connectivity index (χ2v) is 8.00. The molecule has 1 saturated heterocycles. The lowest BCUT2D eigenvalue weighted by molar-refractivity contribution is -0.138. The fourth-order valence-electron chi connectivity index (χ4n) is 4.06. The van der Waals surface area contributed by atoms with Crippen LogP contribution in [0.25, 0.3) is 0 Å². The van der Waals surface area contributed by atoms with Gasteiger partial charge in [0.25, 0.3) is 0 Å². The van der Waals surface area contributed by atoms with E-state index in [2.05, 4.69) is 10.3 Å². The Balaban J connectivity index is 1.59. The van der Waals surface area contributed by atoms with Crippen molar-refractivity contribution in [1.29, 1.82) is 0 Å². The monoisotopic (exact) mass is 474 g/mol. The minimum atomic E-state index is -4.47. The molecule has 1 N–H and O–H groups in total. The van der Waals surface area contributed by atoms with E-state index in [1.807, 2.05) is 12.1 Å². The summed E-state index contributed by atoms with van der Waals surface area (Å²) in [7, 11) is 1.59. The third-order valence-electron chi connectivity index (χ3n) is 5.68. The number of aliphatic imine (C=N–C) groups is 1. The van der Waals surface area contributed by atoms with E-state index in [9.17, 15) is 18.0 Å². The Kier molecular flexibility index (Phi) is 7.21. The van der Waals surface area contributed by atoms with Crippen molar-refractivity contribution in [2.45, 2.75) is 31.5 Å². The number of nitrogens with zero attached hydrogens (tertiary/aromatic N) is 1. The highest BCUT2D eigenvalue weighted by Crippen LogP contribution is 2.39. The van der Waals surface area contributed by atoms with Crippen molar-refractivity contribution in [3.63, 3.8) is 0 Å². The first kappa shape index (κ1) is 23.8. The van der Waals surface area contributed by atoms with E-state index in [-0.39, 0.29) is 30.4 Å². The van der Waals surface area contributed by atoms with Gasteiger partial charge in [-0.15, -0.1) is 0 Å². The van der Waals surface area contributed by atoms with Gasteiger partial charge in [0.2, 0.25) is 5.91 Å². The van der Waals surface area contributed by atoms with Crippen LogP contribution in [0.1, 0.15) is 35.4 Å². The molecule has 1 fully saturated rings. The van der Waals surface area contributed by atoms with Crippen LogP contribution in [0.15, 0.2) is 59.1 Å². The van der Waals surface area contributed by atoms with Gasteiger partial charge in [0.15, 0.2) is 11.5 Å². The van der Waals surface area contributed by atoms with Crippen LogP contribution in [0.5, 0.6) is 11.5 Å². The molecule has 6 nitrogen and oxygen atoms in total. The number of fused-ring (bicyclic) bond motifs is 1. The number of amidine groups is 1. The van der Waals surface area contributed by atoms with Crippen LogP contribution in [0.3, 0.4) is 0 Å². The van der Waals surface area contributed by atoms with Crippen molar-refractivity contribution < 1.29 is 32.2 Å². The zero-order valence-corrected chi connectivity index (χ0v) is 18.7. The predicted octanol–water partition coefficient (Wildman–Crippen LogP) is 4.64. The fourth-order valence-corrected chi connectivity index (χ4v) is 4.06. The number of methoxy groups -OCH3 is 1. The molecule has 2 aromatic rings. The molecule has 0 aromatic heterocycles. The van der Waals surface area contributed by atoms with Gasteiger partial charge in [-0.2, -0.15) is 13.2 Å². The van der Waals surface area contributed by atoms with Gasteiger partial charge in [0.05, 0.1) is 18.7 Å². The number of halogens is 3. The molecule has 2 aliphatic rings. The smallest absolute Gasteiger partial charge is 0.416 e. The topological polar surface area (TPSA) is 69.2 Å². The summed E-state index contributed by atoms with van der Waals surface area (Å²) in [6, 6.07) is 10.6. The van der Waals surface area contributed by atoms with Gasteiger partial charge in [-0.1, -0.05) is 30.3 Å². The number of hydrogen-bond donors (Lipinski definition) is 1. The second-order valence-electron chi connectivity index (χ2n) is 8.00. The Morgan fingerprint density at radius 3 is 2.71 bits per heavy atom. The lowest BCUT2D eigenvalue weighted by atomic mass is 9.85. The first-order valence-electron chi connectivity index (χ1n) is 10.9. The quantitative estimate of drug-likeness (QED) is 0.538.